The Kier molecular flexibility index (Phi) is 9.77. The van der Waals surface area contributed by atoms with Gasteiger partial charge in [-0.1, -0.05) is 75.4 Å². The molecule has 2 aromatic heterocycles. The first-order valence-corrected chi connectivity index (χ1v) is 19.4. The van der Waals surface area contributed by atoms with Gasteiger partial charge in [-0.05, 0) is 59.1 Å². The molecule has 0 unspecified atom stereocenters. The van der Waals surface area contributed by atoms with E-state index in [1.165, 1.54) is 10.9 Å². The van der Waals surface area contributed by atoms with Gasteiger partial charge < -0.3 is 38.0 Å². The van der Waals surface area contributed by atoms with Crippen LogP contribution >= 0.6 is 0 Å². The number of rotatable bonds is 11. The van der Waals surface area contributed by atoms with E-state index >= 15 is 4.39 Å². The number of aliphatic hydroxyl groups is 1. The van der Waals surface area contributed by atoms with Crippen molar-refractivity contribution in [2.45, 2.75) is 69.0 Å². The lowest BCUT2D eigenvalue weighted by molar-refractivity contribution is -0.0930. The number of aromatic nitrogens is 3. The first-order valence-electron chi connectivity index (χ1n) is 16.5. The summed E-state index contributed by atoms with van der Waals surface area (Å²) in [5.41, 5.74) is 0.781. The van der Waals surface area contributed by atoms with Crippen molar-refractivity contribution in [1.29, 1.82) is 0 Å². The van der Waals surface area contributed by atoms with Crippen LogP contribution in [0, 0.1) is 5.82 Å². The lowest BCUT2D eigenvalue weighted by Crippen LogP contribution is -2.50. The van der Waals surface area contributed by atoms with Gasteiger partial charge in [0.2, 0.25) is 0 Å². The van der Waals surface area contributed by atoms with Crippen molar-refractivity contribution in [2.75, 3.05) is 20.8 Å². The van der Waals surface area contributed by atoms with Gasteiger partial charge in [0.05, 0.1) is 27.2 Å². The largest absolute Gasteiger partial charge is 0.497 e. The lowest BCUT2D eigenvalue weighted by atomic mass is 9.80. The fraction of sp³-hybridized carbons (Fsp3) is 0.368. The number of fused-ring (bicyclic) bond motifs is 1. The van der Waals surface area contributed by atoms with E-state index in [1.807, 2.05) is 78.9 Å². The molecule has 0 amide bonds. The highest BCUT2D eigenvalue weighted by atomic mass is 28.4. The van der Waals surface area contributed by atoms with Gasteiger partial charge in [-0.2, -0.15) is 0 Å². The van der Waals surface area contributed by atoms with Gasteiger partial charge in [-0.25, -0.2) is 9.37 Å². The van der Waals surface area contributed by atoms with Crippen LogP contribution in [0.3, 0.4) is 0 Å². The third-order valence-electron chi connectivity index (χ3n) is 10.0. The summed E-state index contributed by atoms with van der Waals surface area (Å²) in [7, 11) is 0.729. The Labute approximate surface area is 291 Å². The number of halogens is 1. The van der Waals surface area contributed by atoms with E-state index < -0.39 is 49.8 Å². The van der Waals surface area contributed by atoms with Crippen LogP contribution in [0.1, 0.15) is 43.7 Å². The molecule has 0 bridgehead atoms. The highest BCUT2D eigenvalue weighted by molar-refractivity contribution is 6.74. The van der Waals surface area contributed by atoms with E-state index in [4.69, 9.17) is 23.4 Å². The summed E-state index contributed by atoms with van der Waals surface area (Å²) in [6.07, 6.45) is -1.70. The van der Waals surface area contributed by atoms with Crippen molar-refractivity contribution in [3.05, 3.63) is 124 Å². The van der Waals surface area contributed by atoms with Crippen molar-refractivity contribution in [3.63, 3.8) is 0 Å². The number of aliphatic hydroxyl groups excluding tert-OH is 1. The maximum absolute atomic E-state index is 15.2. The molecule has 1 fully saturated rings. The highest BCUT2D eigenvalue weighted by Gasteiger charge is 2.52. The minimum Gasteiger partial charge on any atom is -0.497 e. The van der Waals surface area contributed by atoms with E-state index in [2.05, 4.69) is 43.8 Å². The Morgan fingerprint density at radius 1 is 0.920 bits per heavy atom. The molecule has 264 valence electrons. The number of nitrogens with zero attached hydrogens (tertiary/aromatic N) is 2. The molecule has 5 aromatic rings. The predicted molar refractivity (Wildman–Crippen MR) is 191 cm³/mol. The van der Waals surface area contributed by atoms with Crippen molar-refractivity contribution in [3.8, 4) is 11.5 Å². The Bertz CT molecular complexity index is 1930. The van der Waals surface area contributed by atoms with Gasteiger partial charge in [0, 0.05) is 6.20 Å². The van der Waals surface area contributed by atoms with E-state index in [0.29, 0.717) is 11.5 Å². The molecule has 0 spiro atoms. The summed E-state index contributed by atoms with van der Waals surface area (Å²) < 4.78 is 48.1. The van der Waals surface area contributed by atoms with Crippen molar-refractivity contribution in [2.24, 2.45) is 0 Å². The average Bonchev–Trinajstić information content (AvgIpc) is 3.61. The van der Waals surface area contributed by atoms with Gasteiger partial charge in [0.25, 0.3) is 5.56 Å². The first-order chi connectivity index (χ1) is 23.8. The molecule has 6 rings (SSSR count). The molecule has 50 heavy (non-hydrogen) atoms. The minimum atomic E-state index is -2.51. The number of ether oxygens (including phenoxy) is 4. The lowest BCUT2D eigenvalue weighted by Gasteiger charge is -2.41. The second kappa shape index (κ2) is 13.8. The number of H-pyrrole nitrogens is 1. The molecule has 0 radical (unpaired) electrons. The van der Waals surface area contributed by atoms with Crippen LogP contribution in [-0.2, 0) is 19.5 Å². The number of hydrogen-bond acceptors (Lipinski definition) is 8. The predicted octanol–water partition coefficient (Wildman–Crippen LogP) is 6.54. The minimum absolute atomic E-state index is 0.0322. The van der Waals surface area contributed by atoms with Crippen molar-refractivity contribution in [1.82, 2.24) is 14.5 Å². The summed E-state index contributed by atoms with van der Waals surface area (Å²) in [5.74, 6) is 0.614. The third kappa shape index (κ3) is 6.38. The summed E-state index contributed by atoms with van der Waals surface area (Å²) >= 11 is 0. The van der Waals surface area contributed by atoms with Crippen molar-refractivity contribution < 1.29 is 32.9 Å². The van der Waals surface area contributed by atoms with Gasteiger partial charge in [0.1, 0.15) is 40.8 Å². The molecule has 2 N–H and O–H groups in total. The SMILES string of the molecule is COc1ccc(C(OC[C@H]2O[C@@H](n3cc(F)c4c(=O)[nH]cnc43)[C@H](O)[C@@H]2O[Si](C)(C)C(C)(C)C)(c2ccccc2)c2ccc(OC)cc2)cc1. The third-order valence-corrected chi connectivity index (χ3v) is 14.5. The van der Waals surface area contributed by atoms with Crippen LogP contribution in [0.25, 0.3) is 11.0 Å². The van der Waals surface area contributed by atoms with E-state index in [-0.39, 0.29) is 22.7 Å². The molecular weight excluding hydrogens is 658 g/mol. The number of methoxy groups -OCH3 is 2. The molecule has 4 atom stereocenters. The molecular formula is C38H44FN3O7Si. The molecule has 0 aliphatic carbocycles. The Morgan fingerprint density at radius 2 is 1.48 bits per heavy atom. The van der Waals surface area contributed by atoms with Gasteiger partial charge in [-0.15, -0.1) is 0 Å². The summed E-state index contributed by atoms with van der Waals surface area (Å²) in [5, 5.41) is 11.6. The van der Waals surface area contributed by atoms with Crippen LogP contribution in [0.15, 0.2) is 96.2 Å². The fourth-order valence-corrected chi connectivity index (χ4v) is 7.60. The van der Waals surface area contributed by atoms with Gasteiger partial charge >= 0.3 is 0 Å². The van der Waals surface area contributed by atoms with Crippen LogP contribution < -0.4 is 15.0 Å². The van der Waals surface area contributed by atoms with Crippen LogP contribution in [0.4, 0.5) is 4.39 Å². The zero-order valence-electron chi connectivity index (χ0n) is 29.3. The van der Waals surface area contributed by atoms with Crippen LogP contribution in [-0.4, -0.2) is 67.1 Å². The number of benzene rings is 3. The molecule has 1 saturated heterocycles. The van der Waals surface area contributed by atoms with Crippen LogP contribution in [0.5, 0.6) is 11.5 Å². The number of hydrogen-bond donors (Lipinski definition) is 2. The maximum Gasteiger partial charge on any atom is 0.263 e. The van der Waals surface area contributed by atoms with E-state index in [0.717, 1.165) is 22.9 Å². The van der Waals surface area contributed by atoms with E-state index in [1.54, 1.807) is 14.2 Å². The monoisotopic (exact) mass is 701 g/mol. The molecule has 1 aliphatic rings. The zero-order chi connectivity index (χ0) is 35.8. The molecule has 3 heterocycles. The second-order valence-corrected chi connectivity index (χ2v) is 18.8. The Morgan fingerprint density at radius 3 is 2.02 bits per heavy atom. The van der Waals surface area contributed by atoms with Gasteiger partial charge in [-0.3, -0.25) is 4.79 Å². The fourth-order valence-electron chi connectivity index (χ4n) is 6.27. The number of aromatic amines is 1. The normalized spacial score (nSPS) is 19.9. The number of nitrogens with one attached hydrogen (secondary N) is 1. The topological polar surface area (TPSA) is 117 Å². The van der Waals surface area contributed by atoms with Crippen LogP contribution in [0.2, 0.25) is 18.1 Å². The molecule has 3 aromatic carbocycles. The standard InChI is InChI=1S/C38H44FN3O7Si/c1-37(2,3)50(6,7)49-33-30(48-36(32(33)43)42-21-29(39)31-34(42)40-23-41-35(31)44)22-47-38(24-11-9-8-10-12-24,25-13-17-27(45-4)18-14-25)26-15-19-28(46-5)20-16-26/h8-21,23,30,32-33,36,43H,22H2,1-7H3,(H,40,41,44)/t30-,32-,33-,36-/m1/s1. The quantitative estimate of drug-likeness (QED) is 0.118. The zero-order valence-corrected chi connectivity index (χ0v) is 30.3. The molecule has 0 saturated carbocycles. The molecule has 12 heteroatoms. The molecule has 10 nitrogen and oxygen atoms in total. The highest BCUT2D eigenvalue weighted by Crippen LogP contribution is 2.45. The first kappa shape index (κ1) is 35.5. The Balaban J connectivity index is 1.47. The maximum atomic E-state index is 15.2. The van der Waals surface area contributed by atoms with Crippen molar-refractivity contribution >= 4 is 19.4 Å². The molecule has 1 aliphatic heterocycles. The second-order valence-electron chi connectivity index (χ2n) is 14.0. The smallest absolute Gasteiger partial charge is 0.263 e. The summed E-state index contributed by atoms with van der Waals surface area (Å²) in [4.78, 5) is 19.2. The van der Waals surface area contributed by atoms with E-state index in [9.17, 15) is 9.90 Å². The van der Waals surface area contributed by atoms with Gasteiger partial charge in [0.15, 0.2) is 26.0 Å². The average molecular weight is 702 g/mol. The Hall–Kier alpha value is -4.33. The summed E-state index contributed by atoms with van der Waals surface area (Å²) in [6, 6.07) is 25.2. The summed E-state index contributed by atoms with van der Waals surface area (Å²) in [6.45, 7) is 10.5.